The minimum Gasteiger partial charge on any atom is -0.378 e. The molecule has 0 amide bonds. The highest BCUT2D eigenvalue weighted by molar-refractivity contribution is 7.80. The van der Waals surface area contributed by atoms with Crippen molar-refractivity contribution >= 4 is 34.9 Å². The molecule has 9 heteroatoms. The first-order valence-electron chi connectivity index (χ1n) is 8.62. The van der Waals surface area contributed by atoms with Gasteiger partial charge in [-0.15, -0.1) is 0 Å². The van der Waals surface area contributed by atoms with E-state index in [1.807, 2.05) is 24.3 Å². The third kappa shape index (κ3) is 5.43. The van der Waals surface area contributed by atoms with Crippen molar-refractivity contribution in [2.24, 2.45) is 5.10 Å². The van der Waals surface area contributed by atoms with E-state index < -0.39 is 11.7 Å². The Hall–Kier alpha value is -2.65. The van der Waals surface area contributed by atoms with Crippen LogP contribution in [0.2, 0.25) is 0 Å². The van der Waals surface area contributed by atoms with Crippen LogP contribution in [-0.4, -0.2) is 37.6 Å². The number of thiocarbonyl (C=S) groups is 1. The molecule has 1 heterocycles. The molecule has 5 nitrogen and oxygen atoms in total. The second-order valence-corrected chi connectivity index (χ2v) is 6.47. The lowest BCUT2D eigenvalue weighted by Crippen LogP contribution is -2.36. The quantitative estimate of drug-likeness (QED) is 0.457. The van der Waals surface area contributed by atoms with Crippen molar-refractivity contribution < 1.29 is 17.9 Å². The lowest BCUT2D eigenvalue weighted by Gasteiger charge is -2.28. The van der Waals surface area contributed by atoms with Crippen molar-refractivity contribution in [3.63, 3.8) is 0 Å². The maximum atomic E-state index is 13.0. The molecule has 28 heavy (non-hydrogen) atoms. The van der Waals surface area contributed by atoms with Gasteiger partial charge in [0.25, 0.3) is 0 Å². The number of benzene rings is 2. The van der Waals surface area contributed by atoms with Crippen molar-refractivity contribution in [1.29, 1.82) is 0 Å². The van der Waals surface area contributed by atoms with Crippen molar-refractivity contribution in [1.82, 2.24) is 5.43 Å². The number of hydrogen-bond acceptors (Lipinski definition) is 4. The van der Waals surface area contributed by atoms with Crippen LogP contribution >= 0.6 is 12.2 Å². The van der Waals surface area contributed by atoms with Crippen LogP contribution in [0.1, 0.15) is 11.1 Å². The zero-order valence-electron chi connectivity index (χ0n) is 14.9. The van der Waals surface area contributed by atoms with Gasteiger partial charge < -0.3 is 15.0 Å². The molecular formula is C19H19F3N4OS. The molecule has 0 aliphatic carbocycles. The van der Waals surface area contributed by atoms with Crippen molar-refractivity contribution in [2.45, 2.75) is 6.18 Å². The molecule has 2 aromatic carbocycles. The number of hydrogen-bond donors (Lipinski definition) is 2. The molecule has 1 fully saturated rings. The zero-order chi connectivity index (χ0) is 20.0. The summed E-state index contributed by atoms with van der Waals surface area (Å²) in [7, 11) is 0. The Balaban J connectivity index is 1.55. The fraction of sp³-hybridized carbons (Fsp3) is 0.263. The summed E-state index contributed by atoms with van der Waals surface area (Å²) in [6.45, 7) is 3.15. The summed E-state index contributed by atoms with van der Waals surface area (Å²) in [5.41, 5.74) is 3.56. The van der Waals surface area contributed by atoms with Gasteiger partial charge in [-0.25, -0.2) is 0 Å². The SMILES string of the molecule is FC(F)(F)c1ccccc1NC(=S)N/N=C\c1ccc(N2CCOCC2)cc1. The standard InChI is InChI=1S/C19H19F3N4OS/c20-19(21,22)16-3-1-2-4-17(16)24-18(28)25-23-13-14-5-7-15(8-6-14)26-9-11-27-12-10-26/h1-8,13H,9-12H2,(H2,24,25,28)/b23-13-. The largest absolute Gasteiger partial charge is 0.418 e. The second kappa shape index (κ2) is 9.03. The van der Waals surface area contributed by atoms with Gasteiger partial charge in [-0.2, -0.15) is 18.3 Å². The van der Waals surface area contributed by atoms with Crippen LogP contribution in [0.3, 0.4) is 0 Å². The molecule has 148 valence electrons. The molecular weight excluding hydrogens is 389 g/mol. The Morgan fingerprint density at radius 3 is 2.43 bits per heavy atom. The van der Waals surface area contributed by atoms with Crippen LogP contribution in [0.5, 0.6) is 0 Å². The zero-order valence-corrected chi connectivity index (χ0v) is 15.7. The van der Waals surface area contributed by atoms with Gasteiger partial charge in [-0.05, 0) is 42.0 Å². The molecule has 0 atom stereocenters. The molecule has 0 aromatic heterocycles. The van der Waals surface area contributed by atoms with E-state index in [0.717, 1.165) is 43.6 Å². The summed E-state index contributed by atoms with van der Waals surface area (Å²) in [4.78, 5) is 2.24. The van der Waals surface area contributed by atoms with E-state index in [9.17, 15) is 13.2 Å². The summed E-state index contributed by atoms with van der Waals surface area (Å²) in [5.74, 6) is 0. The number of para-hydroxylation sites is 1. The van der Waals surface area contributed by atoms with E-state index >= 15 is 0 Å². The van der Waals surface area contributed by atoms with Gasteiger partial charge in [0, 0.05) is 18.8 Å². The van der Waals surface area contributed by atoms with Crippen molar-refractivity contribution in [3.8, 4) is 0 Å². The van der Waals surface area contributed by atoms with E-state index in [1.165, 1.54) is 18.2 Å². The summed E-state index contributed by atoms with van der Waals surface area (Å²) in [6.07, 6.45) is -2.92. The van der Waals surface area contributed by atoms with Crippen LogP contribution in [0.15, 0.2) is 53.6 Å². The lowest BCUT2D eigenvalue weighted by atomic mass is 10.2. The van der Waals surface area contributed by atoms with Gasteiger partial charge in [0.05, 0.1) is 30.7 Å². The topological polar surface area (TPSA) is 48.9 Å². The molecule has 3 rings (SSSR count). The minimum absolute atomic E-state index is 0.0297. The lowest BCUT2D eigenvalue weighted by molar-refractivity contribution is -0.136. The first-order chi connectivity index (χ1) is 13.4. The smallest absolute Gasteiger partial charge is 0.378 e. The van der Waals surface area contributed by atoms with E-state index in [-0.39, 0.29) is 10.8 Å². The van der Waals surface area contributed by atoms with Crippen molar-refractivity contribution in [2.75, 3.05) is 36.5 Å². The minimum atomic E-state index is -4.47. The molecule has 1 aliphatic rings. The molecule has 1 saturated heterocycles. The van der Waals surface area contributed by atoms with Gasteiger partial charge >= 0.3 is 6.18 Å². The molecule has 0 spiro atoms. The highest BCUT2D eigenvalue weighted by atomic mass is 32.1. The van der Waals surface area contributed by atoms with Crippen LogP contribution in [0.25, 0.3) is 0 Å². The molecule has 0 radical (unpaired) electrons. The summed E-state index contributed by atoms with van der Waals surface area (Å²) in [5, 5.41) is 6.47. The Morgan fingerprint density at radius 1 is 1.07 bits per heavy atom. The Kier molecular flexibility index (Phi) is 6.48. The van der Waals surface area contributed by atoms with Crippen molar-refractivity contribution in [3.05, 3.63) is 59.7 Å². The first kappa shape index (κ1) is 20.1. The number of ether oxygens (including phenoxy) is 1. The van der Waals surface area contributed by atoms with Gasteiger partial charge in [0.2, 0.25) is 0 Å². The van der Waals surface area contributed by atoms with E-state index in [1.54, 1.807) is 6.21 Å². The fourth-order valence-electron chi connectivity index (χ4n) is 2.75. The number of halogens is 3. The third-order valence-corrected chi connectivity index (χ3v) is 4.32. The van der Waals surface area contributed by atoms with E-state index in [2.05, 4.69) is 20.7 Å². The maximum absolute atomic E-state index is 13.0. The fourth-order valence-corrected chi connectivity index (χ4v) is 2.91. The average Bonchev–Trinajstić information content (AvgIpc) is 2.69. The van der Waals surface area contributed by atoms with Gasteiger partial charge in [-0.1, -0.05) is 24.3 Å². The second-order valence-electron chi connectivity index (χ2n) is 6.06. The number of anilines is 2. The van der Waals surface area contributed by atoms with Crippen LogP contribution in [0.4, 0.5) is 24.5 Å². The van der Waals surface area contributed by atoms with Gasteiger partial charge in [0.1, 0.15) is 0 Å². The van der Waals surface area contributed by atoms with Crippen LogP contribution in [0, 0.1) is 0 Å². The Labute approximate surface area is 166 Å². The summed E-state index contributed by atoms with van der Waals surface area (Å²) < 4.78 is 44.3. The van der Waals surface area contributed by atoms with E-state index in [4.69, 9.17) is 17.0 Å². The van der Waals surface area contributed by atoms with E-state index in [0.29, 0.717) is 0 Å². The Bertz CT molecular complexity index is 834. The summed E-state index contributed by atoms with van der Waals surface area (Å²) in [6, 6.07) is 12.9. The molecule has 2 N–H and O–H groups in total. The molecule has 0 unspecified atom stereocenters. The highest BCUT2D eigenvalue weighted by Gasteiger charge is 2.33. The molecule has 0 bridgehead atoms. The van der Waals surface area contributed by atoms with Crippen LogP contribution in [-0.2, 0) is 10.9 Å². The molecule has 2 aromatic rings. The number of alkyl halides is 3. The number of hydrazone groups is 1. The van der Waals surface area contributed by atoms with Crippen LogP contribution < -0.4 is 15.6 Å². The summed E-state index contributed by atoms with van der Waals surface area (Å²) >= 11 is 5.02. The average molecular weight is 408 g/mol. The van der Waals surface area contributed by atoms with Gasteiger partial charge in [0.15, 0.2) is 5.11 Å². The number of morpholine rings is 1. The maximum Gasteiger partial charge on any atom is 0.418 e. The number of nitrogens with zero attached hydrogens (tertiary/aromatic N) is 2. The normalized spacial score (nSPS) is 14.9. The molecule has 0 saturated carbocycles. The Morgan fingerprint density at radius 2 is 1.75 bits per heavy atom. The number of nitrogens with one attached hydrogen (secondary N) is 2. The van der Waals surface area contributed by atoms with Gasteiger partial charge in [-0.3, -0.25) is 5.43 Å². The predicted octanol–water partition coefficient (Wildman–Crippen LogP) is 3.86. The molecule has 1 aliphatic heterocycles. The first-order valence-corrected chi connectivity index (χ1v) is 9.03. The third-order valence-electron chi connectivity index (χ3n) is 4.13. The highest BCUT2D eigenvalue weighted by Crippen LogP contribution is 2.34. The predicted molar refractivity (Wildman–Crippen MR) is 108 cm³/mol. The number of rotatable bonds is 4. The monoisotopic (exact) mass is 408 g/mol.